The predicted octanol–water partition coefficient (Wildman–Crippen LogP) is 5.79. The molecule has 1 aromatic heterocycles. The van der Waals surface area contributed by atoms with Crippen LogP contribution in [0, 0.1) is 0 Å². The number of benzene rings is 2. The highest BCUT2D eigenvalue weighted by Crippen LogP contribution is 2.32. The molecule has 3 aromatic rings. The monoisotopic (exact) mass is 589 g/mol. The van der Waals surface area contributed by atoms with E-state index in [1.165, 1.54) is 18.2 Å². The van der Waals surface area contributed by atoms with Crippen LogP contribution in [0.25, 0.3) is 10.9 Å². The smallest absolute Gasteiger partial charge is 0.346 e. The first-order valence-corrected chi connectivity index (χ1v) is 12.8. The van der Waals surface area contributed by atoms with Crippen LogP contribution in [-0.4, -0.2) is 35.1 Å². The van der Waals surface area contributed by atoms with E-state index in [9.17, 15) is 9.59 Å². The van der Waals surface area contributed by atoms with Gasteiger partial charge in [0.1, 0.15) is 11.6 Å². The zero-order chi connectivity index (χ0) is 24.2. The van der Waals surface area contributed by atoms with Gasteiger partial charge in [0.25, 0.3) is 5.56 Å². The number of aromatic nitrogens is 2. The van der Waals surface area contributed by atoms with Gasteiger partial charge in [0.2, 0.25) is 0 Å². The summed E-state index contributed by atoms with van der Waals surface area (Å²) in [6.45, 7) is 1.62. The van der Waals surface area contributed by atoms with E-state index in [1.54, 1.807) is 25.3 Å². The highest BCUT2D eigenvalue weighted by Gasteiger charge is 2.22. The molecule has 2 aromatic carbocycles. The summed E-state index contributed by atoms with van der Waals surface area (Å²) in [4.78, 5) is 29.9. The van der Waals surface area contributed by atoms with E-state index in [0.717, 1.165) is 35.7 Å². The van der Waals surface area contributed by atoms with Crippen molar-refractivity contribution < 1.29 is 14.3 Å². The molecule has 0 amide bonds. The molecule has 1 aliphatic rings. The summed E-state index contributed by atoms with van der Waals surface area (Å²) in [6.07, 6.45) is 6.36. The van der Waals surface area contributed by atoms with Crippen molar-refractivity contribution in [2.24, 2.45) is 5.10 Å². The van der Waals surface area contributed by atoms with Crippen LogP contribution in [0.3, 0.4) is 0 Å². The lowest BCUT2D eigenvalue weighted by molar-refractivity contribution is -0.147. The van der Waals surface area contributed by atoms with Crippen molar-refractivity contribution in [3.05, 3.63) is 67.1 Å². The molecular weight excluding hydrogens is 566 g/mol. The average Bonchev–Trinajstić information content (AvgIpc) is 2.85. The van der Waals surface area contributed by atoms with Crippen LogP contribution < -0.4 is 10.3 Å². The van der Waals surface area contributed by atoms with Crippen LogP contribution in [-0.2, 0) is 9.53 Å². The molecule has 1 saturated carbocycles. The van der Waals surface area contributed by atoms with Gasteiger partial charge in [0.05, 0.1) is 28.7 Å². The molecule has 0 radical (unpaired) electrons. The molecule has 7 nitrogen and oxygen atoms in total. The third-order valence-electron chi connectivity index (χ3n) is 5.92. The molecule has 0 N–H and O–H groups in total. The molecule has 0 spiro atoms. The molecule has 9 heteroatoms. The number of halogens is 2. The summed E-state index contributed by atoms with van der Waals surface area (Å²) in [5.41, 5.74) is 1.26. The highest BCUT2D eigenvalue weighted by molar-refractivity contribution is 9.10. The second-order valence-corrected chi connectivity index (χ2v) is 10.1. The maximum absolute atomic E-state index is 13.4. The lowest BCUT2D eigenvalue weighted by Gasteiger charge is -2.22. The Bertz CT molecular complexity index is 1300. The summed E-state index contributed by atoms with van der Waals surface area (Å²) in [7, 11) is 1.32. The molecule has 1 aliphatic carbocycles. The molecule has 0 unspecified atom stereocenters. The van der Waals surface area contributed by atoms with Crippen molar-refractivity contribution in [2.75, 3.05) is 7.11 Å². The average molecular weight is 591 g/mol. The van der Waals surface area contributed by atoms with E-state index in [1.807, 2.05) is 24.3 Å². The van der Waals surface area contributed by atoms with Crippen LogP contribution in [0.1, 0.15) is 56.3 Å². The summed E-state index contributed by atoms with van der Waals surface area (Å²) in [5, 5.41) is 5.09. The van der Waals surface area contributed by atoms with Crippen LogP contribution in [0.5, 0.6) is 5.75 Å². The van der Waals surface area contributed by atoms with Gasteiger partial charge in [-0.2, -0.15) is 9.78 Å². The van der Waals surface area contributed by atoms with Crippen molar-refractivity contribution in [3.63, 3.8) is 0 Å². The lowest BCUT2D eigenvalue weighted by atomic mass is 9.88. The van der Waals surface area contributed by atoms with E-state index in [-0.39, 0.29) is 11.5 Å². The van der Waals surface area contributed by atoms with Crippen LogP contribution in [0.2, 0.25) is 0 Å². The minimum absolute atomic E-state index is 0.186. The Labute approximate surface area is 214 Å². The molecule has 1 heterocycles. The first kappa shape index (κ1) is 24.6. The Morgan fingerprint density at radius 2 is 1.94 bits per heavy atom. The number of fused-ring (bicyclic) bond motifs is 1. The number of hydrogen-bond donors (Lipinski definition) is 0. The molecular formula is C25H25Br2N3O4. The molecule has 34 heavy (non-hydrogen) atoms. The standard InChI is InChI=1S/C25H25Br2N3O4/c1-15(25(32)33-2)34-22-11-8-16(12-20(22)27)14-28-30-23(17-6-4-3-5-7-17)29-21-10-9-18(26)13-19(21)24(30)31/h8-15,17H,3-7H2,1-2H3/t15-/m0/s1. The summed E-state index contributed by atoms with van der Waals surface area (Å²) >= 11 is 6.93. The van der Waals surface area contributed by atoms with Crippen molar-refractivity contribution in [2.45, 2.75) is 51.0 Å². The number of carbonyl (C=O) groups excluding carboxylic acids is 1. The number of methoxy groups -OCH3 is 1. The van der Waals surface area contributed by atoms with Crippen LogP contribution in [0.15, 0.2) is 55.2 Å². The molecule has 4 rings (SSSR count). The quantitative estimate of drug-likeness (QED) is 0.268. The Balaban J connectivity index is 1.70. The Morgan fingerprint density at radius 1 is 1.18 bits per heavy atom. The number of carbonyl (C=O) groups is 1. The predicted molar refractivity (Wildman–Crippen MR) is 139 cm³/mol. The van der Waals surface area contributed by atoms with Crippen molar-refractivity contribution in [3.8, 4) is 5.75 Å². The summed E-state index contributed by atoms with van der Waals surface area (Å²) in [5.74, 6) is 0.964. The lowest BCUT2D eigenvalue weighted by Crippen LogP contribution is -2.25. The van der Waals surface area contributed by atoms with Crippen molar-refractivity contribution >= 4 is 54.9 Å². The van der Waals surface area contributed by atoms with Gasteiger partial charge in [-0.1, -0.05) is 35.2 Å². The first-order valence-electron chi connectivity index (χ1n) is 11.2. The fourth-order valence-electron chi connectivity index (χ4n) is 4.12. The number of hydrogen-bond acceptors (Lipinski definition) is 6. The number of rotatable bonds is 6. The topological polar surface area (TPSA) is 82.8 Å². The molecule has 1 atom stereocenters. The van der Waals surface area contributed by atoms with E-state index in [2.05, 4.69) is 37.0 Å². The van der Waals surface area contributed by atoms with Gasteiger partial charge in [-0.3, -0.25) is 4.79 Å². The first-order chi connectivity index (χ1) is 16.4. The normalized spacial score (nSPS) is 15.5. The zero-order valence-corrected chi connectivity index (χ0v) is 22.1. The Kier molecular flexibility index (Phi) is 7.83. The fraction of sp³-hybridized carbons (Fsp3) is 0.360. The van der Waals surface area contributed by atoms with Crippen molar-refractivity contribution in [1.29, 1.82) is 0 Å². The van der Waals surface area contributed by atoms with Gasteiger partial charge >= 0.3 is 5.97 Å². The minimum Gasteiger partial charge on any atom is -0.478 e. The number of esters is 1. The molecule has 0 aliphatic heterocycles. The van der Waals surface area contributed by atoms with E-state index < -0.39 is 12.1 Å². The molecule has 1 fully saturated rings. The van der Waals surface area contributed by atoms with Gasteiger partial charge < -0.3 is 9.47 Å². The highest BCUT2D eigenvalue weighted by atomic mass is 79.9. The third-order valence-corrected chi connectivity index (χ3v) is 7.03. The molecule has 0 saturated heterocycles. The summed E-state index contributed by atoms with van der Waals surface area (Å²) in [6, 6.07) is 10.9. The Morgan fingerprint density at radius 3 is 2.65 bits per heavy atom. The van der Waals surface area contributed by atoms with Crippen molar-refractivity contribution in [1.82, 2.24) is 9.66 Å². The third kappa shape index (κ3) is 5.41. The second-order valence-electron chi connectivity index (χ2n) is 8.30. The number of ether oxygens (including phenoxy) is 2. The molecule has 0 bridgehead atoms. The SMILES string of the molecule is COC(=O)[C@H](C)Oc1ccc(C=Nn2c(C3CCCCC3)nc3ccc(Br)cc3c2=O)cc1Br. The van der Waals surface area contributed by atoms with Gasteiger partial charge in [0.15, 0.2) is 6.10 Å². The van der Waals surface area contributed by atoms with Crippen LogP contribution >= 0.6 is 31.9 Å². The van der Waals surface area contributed by atoms with E-state index >= 15 is 0 Å². The van der Waals surface area contributed by atoms with Gasteiger partial charge in [0, 0.05) is 10.4 Å². The van der Waals surface area contributed by atoms with Crippen LogP contribution in [0.4, 0.5) is 0 Å². The second kappa shape index (κ2) is 10.8. The largest absolute Gasteiger partial charge is 0.478 e. The maximum Gasteiger partial charge on any atom is 0.346 e. The summed E-state index contributed by atoms with van der Waals surface area (Å²) < 4.78 is 13.3. The van der Waals surface area contributed by atoms with Gasteiger partial charge in [-0.05, 0) is 77.7 Å². The zero-order valence-electron chi connectivity index (χ0n) is 19.0. The minimum atomic E-state index is -0.736. The maximum atomic E-state index is 13.4. The fourth-order valence-corrected chi connectivity index (χ4v) is 4.98. The molecule has 178 valence electrons. The van der Waals surface area contributed by atoms with Gasteiger partial charge in [-0.15, -0.1) is 0 Å². The van der Waals surface area contributed by atoms with E-state index in [4.69, 9.17) is 14.5 Å². The van der Waals surface area contributed by atoms with Gasteiger partial charge in [-0.25, -0.2) is 9.78 Å². The Hall–Kier alpha value is -2.52. The number of nitrogens with zero attached hydrogens (tertiary/aromatic N) is 3. The van der Waals surface area contributed by atoms with E-state index in [0.29, 0.717) is 26.9 Å².